The Hall–Kier alpha value is -2.02. The molecular formula is C20H24N2O4S. The maximum absolute atomic E-state index is 12.4. The lowest BCUT2D eigenvalue weighted by atomic mass is 9.75. The van der Waals surface area contributed by atoms with Gasteiger partial charge in [-0.15, -0.1) is 0 Å². The topological polar surface area (TPSA) is 72.6 Å². The molecule has 2 fully saturated rings. The van der Waals surface area contributed by atoms with Gasteiger partial charge in [-0.3, -0.25) is 9.59 Å². The van der Waals surface area contributed by atoms with E-state index in [2.05, 4.69) is 4.98 Å². The van der Waals surface area contributed by atoms with Gasteiger partial charge in [-0.2, -0.15) is 0 Å². The van der Waals surface area contributed by atoms with Crippen LogP contribution >= 0.6 is 11.8 Å². The molecule has 2 heterocycles. The summed E-state index contributed by atoms with van der Waals surface area (Å²) >= 11 is 1.18. The van der Waals surface area contributed by atoms with E-state index in [1.807, 2.05) is 29.2 Å². The van der Waals surface area contributed by atoms with Crippen molar-refractivity contribution < 1.29 is 18.7 Å². The molecular weight excluding hydrogens is 364 g/mol. The van der Waals surface area contributed by atoms with Gasteiger partial charge in [-0.1, -0.05) is 43.2 Å². The average Bonchev–Trinajstić information content (AvgIpc) is 3.13. The van der Waals surface area contributed by atoms with Gasteiger partial charge in [0.2, 0.25) is 0 Å². The maximum atomic E-state index is 12.4. The molecule has 0 radical (unpaired) electrons. The molecule has 2 aromatic rings. The number of oxazole rings is 1. The highest BCUT2D eigenvalue weighted by Crippen LogP contribution is 2.36. The number of hydrogen-bond donors (Lipinski definition) is 0. The van der Waals surface area contributed by atoms with Crippen LogP contribution in [0.3, 0.4) is 0 Å². The molecule has 1 amide bonds. The SMILES string of the molecule is O=C(CSc1nc2ccccc2o1)OCC(=O)N1CC[C@H]2CCCC[C@H]2C1. The zero-order valence-corrected chi connectivity index (χ0v) is 16.1. The summed E-state index contributed by atoms with van der Waals surface area (Å²) < 4.78 is 10.7. The maximum Gasteiger partial charge on any atom is 0.316 e. The molecule has 6 nitrogen and oxygen atoms in total. The third kappa shape index (κ3) is 4.46. The van der Waals surface area contributed by atoms with Crippen LogP contribution in [0, 0.1) is 11.8 Å². The molecule has 1 aromatic carbocycles. The highest BCUT2D eigenvalue weighted by molar-refractivity contribution is 7.99. The first-order valence-corrected chi connectivity index (χ1v) is 10.6. The second-order valence-corrected chi connectivity index (χ2v) is 8.26. The number of carbonyl (C=O) groups is 2. The molecule has 1 aliphatic carbocycles. The van der Waals surface area contributed by atoms with Crippen LogP contribution in [-0.4, -0.2) is 47.2 Å². The lowest BCUT2D eigenvalue weighted by Gasteiger charge is -2.41. The Labute approximate surface area is 162 Å². The highest BCUT2D eigenvalue weighted by Gasteiger charge is 2.33. The number of rotatable bonds is 5. The number of hydrogen-bond acceptors (Lipinski definition) is 6. The number of aromatic nitrogens is 1. The Morgan fingerprint density at radius 2 is 2.00 bits per heavy atom. The number of fused-ring (bicyclic) bond motifs is 2. The molecule has 0 spiro atoms. The van der Waals surface area contributed by atoms with Crippen LogP contribution in [0.15, 0.2) is 33.9 Å². The summed E-state index contributed by atoms with van der Waals surface area (Å²) in [6.07, 6.45) is 6.19. The number of likely N-dealkylation sites (tertiary alicyclic amines) is 1. The Balaban J connectivity index is 1.21. The van der Waals surface area contributed by atoms with Crippen LogP contribution in [0.4, 0.5) is 0 Å². The van der Waals surface area contributed by atoms with E-state index >= 15 is 0 Å². The summed E-state index contributed by atoms with van der Waals surface area (Å²) in [5.74, 6) is 0.965. The predicted molar refractivity (Wildman–Crippen MR) is 102 cm³/mol. The second-order valence-electron chi connectivity index (χ2n) is 7.33. The van der Waals surface area contributed by atoms with Crippen molar-refractivity contribution in [3.63, 3.8) is 0 Å². The lowest BCUT2D eigenvalue weighted by molar-refractivity contribution is -0.151. The quantitative estimate of drug-likeness (QED) is 0.577. The number of thioether (sulfide) groups is 1. The van der Waals surface area contributed by atoms with E-state index < -0.39 is 5.97 Å². The molecule has 0 bridgehead atoms. The van der Waals surface area contributed by atoms with Gasteiger partial charge < -0.3 is 14.1 Å². The summed E-state index contributed by atoms with van der Waals surface area (Å²) in [6, 6.07) is 7.45. The van der Waals surface area contributed by atoms with E-state index in [0.29, 0.717) is 16.7 Å². The molecule has 0 N–H and O–H groups in total. The zero-order chi connectivity index (χ0) is 18.6. The zero-order valence-electron chi connectivity index (χ0n) is 15.3. The minimum atomic E-state index is -0.428. The Morgan fingerprint density at radius 3 is 2.85 bits per heavy atom. The number of piperidine rings is 1. The van der Waals surface area contributed by atoms with E-state index in [4.69, 9.17) is 9.15 Å². The number of esters is 1. The van der Waals surface area contributed by atoms with Gasteiger partial charge >= 0.3 is 5.97 Å². The molecule has 2 aliphatic rings. The summed E-state index contributed by atoms with van der Waals surface area (Å²) in [5, 5.41) is 0.429. The van der Waals surface area contributed by atoms with Crippen molar-refractivity contribution in [3.8, 4) is 0 Å². The standard InChI is InChI=1S/C20H24N2O4S/c23-18(22-10-9-14-5-1-2-6-15(14)11-22)12-25-19(24)13-27-20-21-16-7-3-4-8-17(16)26-20/h3-4,7-8,14-15H,1-2,5-6,9-13H2/t14-,15+/m1/s1. The van der Waals surface area contributed by atoms with Crippen molar-refractivity contribution in [2.45, 2.75) is 37.3 Å². The highest BCUT2D eigenvalue weighted by atomic mass is 32.2. The minimum Gasteiger partial charge on any atom is -0.455 e. The number of amides is 1. The first kappa shape index (κ1) is 18.3. The monoisotopic (exact) mass is 388 g/mol. The average molecular weight is 388 g/mol. The van der Waals surface area contributed by atoms with Crippen molar-refractivity contribution in [3.05, 3.63) is 24.3 Å². The molecule has 1 aliphatic heterocycles. The number of ether oxygens (including phenoxy) is 1. The molecule has 1 aromatic heterocycles. The smallest absolute Gasteiger partial charge is 0.316 e. The fourth-order valence-electron chi connectivity index (χ4n) is 4.14. The number of nitrogens with zero attached hydrogens (tertiary/aromatic N) is 2. The summed E-state index contributed by atoms with van der Waals surface area (Å²) in [7, 11) is 0. The molecule has 4 rings (SSSR count). The van der Waals surface area contributed by atoms with Crippen LogP contribution in [0.5, 0.6) is 0 Å². The van der Waals surface area contributed by atoms with E-state index in [9.17, 15) is 9.59 Å². The van der Waals surface area contributed by atoms with Gasteiger partial charge in [-0.05, 0) is 36.8 Å². The Kier molecular flexibility index (Phi) is 5.66. The first-order chi connectivity index (χ1) is 13.2. The van der Waals surface area contributed by atoms with Crippen LogP contribution in [0.1, 0.15) is 32.1 Å². The fraction of sp³-hybridized carbons (Fsp3) is 0.550. The Morgan fingerprint density at radius 1 is 1.19 bits per heavy atom. The van der Waals surface area contributed by atoms with Crippen LogP contribution in [-0.2, 0) is 14.3 Å². The summed E-state index contributed by atoms with van der Waals surface area (Å²) in [6.45, 7) is 1.43. The molecule has 144 valence electrons. The van der Waals surface area contributed by atoms with E-state index in [1.54, 1.807) is 0 Å². The molecule has 1 saturated carbocycles. The van der Waals surface area contributed by atoms with Gasteiger partial charge in [0.15, 0.2) is 12.2 Å². The van der Waals surface area contributed by atoms with Gasteiger partial charge in [0.25, 0.3) is 11.1 Å². The normalized spacial score (nSPS) is 22.4. The minimum absolute atomic E-state index is 0.0742. The number of carbonyl (C=O) groups excluding carboxylic acids is 2. The van der Waals surface area contributed by atoms with Gasteiger partial charge in [0, 0.05) is 13.1 Å². The van der Waals surface area contributed by atoms with Crippen LogP contribution in [0.25, 0.3) is 11.1 Å². The van der Waals surface area contributed by atoms with Gasteiger partial charge in [0.05, 0.1) is 0 Å². The van der Waals surface area contributed by atoms with Crippen molar-refractivity contribution in [1.82, 2.24) is 9.88 Å². The number of para-hydroxylation sites is 2. The van der Waals surface area contributed by atoms with Crippen LogP contribution in [0.2, 0.25) is 0 Å². The van der Waals surface area contributed by atoms with Crippen molar-refractivity contribution in [1.29, 1.82) is 0 Å². The van der Waals surface area contributed by atoms with Crippen molar-refractivity contribution >= 4 is 34.7 Å². The Bertz CT molecular complexity index is 788. The second kappa shape index (κ2) is 8.33. The van der Waals surface area contributed by atoms with Crippen molar-refractivity contribution in [2.75, 3.05) is 25.4 Å². The fourth-order valence-corrected chi connectivity index (χ4v) is 4.77. The third-order valence-electron chi connectivity index (χ3n) is 5.59. The van der Waals surface area contributed by atoms with Gasteiger partial charge in [-0.25, -0.2) is 4.98 Å². The van der Waals surface area contributed by atoms with Crippen molar-refractivity contribution in [2.24, 2.45) is 11.8 Å². The summed E-state index contributed by atoms with van der Waals surface area (Å²) in [4.78, 5) is 30.5. The van der Waals surface area contributed by atoms with E-state index in [1.165, 1.54) is 37.4 Å². The predicted octanol–water partition coefficient (Wildman–Crippen LogP) is 3.50. The summed E-state index contributed by atoms with van der Waals surface area (Å²) in [5.41, 5.74) is 1.45. The lowest BCUT2D eigenvalue weighted by Crippen LogP contribution is -2.46. The first-order valence-electron chi connectivity index (χ1n) is 9.61. The van der Waals surface area contributed by atoms with E-state index in [0.717, 1.165) is 30.9 Å². The number of benzene rings is 1. The van der Waals surface area contributed by atoms with Gasteiger partial charge in [0.1, 0.15) is 11.3 Å². The molecule has 27 heavy (non-hydrogen) atoms. The molecule has 1 saturated heterocycles. The van der Waals surface area contributed by atoms with E-state index in [-0.39, 0.29) is 18.3 Å². The molecule has 7 heteroatoms. The van der Waals surface area contributed by atoms with Crippen LogP contribution < -0.4 is 0 Å². The third-order valence-corrected chi connectivity index (χ3v) is 6.39. The largest absolute Gasteiger partial charge is 0.455 e. The molecule has 0 unspecified atom stereocenters. The molecule has 2 atom stereocenters.